The zero-order valence-electron chi connectivity index (χ0n) is 9.98. The van der Waals surface area contributed by atoms with Gasteiger partial charge >= 0.3 is 6.18 Å². The molecule has 0 atom stereocenters. The van der Waals surface area contributed by atoms with Gasteiger partial charge in [-0.15, -0.1) is 0 Å². The quantitative estimate of drug-likeness (QED) is 0.828. The summed E-state index contributed by atoms with van der Waals surface area (Å²) in [6.07, 6.45) is -0.698. The second-order valence-electron chi connectivity index (χ2n) is 3.88. The molecule has 0 radical (unpaired) electrons. The number of halogens is 3. The number of hydrogen-bond acceptors (Lipinski definition) is 4. The van der Waals surface area contributed by atoms with E-state index in [0.29, 0.717) is 6.07 Å². The second kappa shape index (κ2) is 5.16. The molecule has 3 N–H and O–H groups in total. The van der Waals surface area contributed by atoms with Crippen LogP contribution in [0.4, 0.5) is 24.5 Å². The van der Waals surface area contributed by atoms with Gasteiger partial charge in [-0.25, -0.2) is 9.97 Å². The summed E-state index contributed by atoms with van der Waals surface area (Å²) >= 11 is 0. The maximum Gasteiger partial charge on any atom is 0.418 e. The van der Waals surface area contributed by atoms with Crippen molar-refractivity contribution in [3.8, 4) is 0 Å². The van der Waals surface area contributed by atoms with E-state index in [2.05, 4.69) is 15.3 Å². The third-order valence-electron chi connectivity index (χ3n) is 2.44. The molecule has 0 saturated carbocycles. The average Bonchev–Trinajstić information content (AvgIpc) is 2.39. The fourth-order valence-corrected chi connectivity index (χ4v) is 1.51. The van der Waals surface area contributed by atoms with E-state index >= 15 is 0 Å². The van der Waals surface area contributed by atoms with E-state index in [-0.39, 0.29) is 11.3 Å². The maximum absolute atomic E-state index is 12.7. The first-order valence-electron chi connectivity index (χ1n) is 5.41. The minimum Gasteiger partial charge on any atom is -0.398 e. The van der Waals surface area contributed by atoms with Gasteiger partial charge in [0.05, 0.1) is 23.6 Å². The average molecular weight is 282 g/mol. The van der Waals surface area contributed by atoms with Crippen LogP contribution in [0.15, 0.2) is 36.9 Å². The van der Waals surface area contributed by atoms with E-state index in [1.54, 1.807) is 0 Å². The number of nitrogen functional groups attached to an aromatic ring is 1. The van der Waals surface area contributed by atoms with Gasteiger partial charge in [0.25, 0.3) is 5.91 Å². The first-order valence-corrected chi connectivity index (χ1v) is 5.41. The Morgan fingerprint density at radius 2 is 1.85 bits per heavy atom. The topological polar surface area (TPSA) is 80.9 Å². The fraction of sp³-hybridized carbons (Fsp3) is 0.0833. The number of rotatable bonds is 2. The van der Waals surface area contributed by atoms with Crippen LogP contribution in [-0.4, -0.2) is 15.9 Å². The van der Waals surface area contributed by atoms with Crippen LogP contribution in [0.5, 0.6) is 0 Å². The Hall–Kier alpha value is -2.64. The lowest BCUT2D eigenvalue weighted by Crippen LogP contribution is -2.15. The number of nitrogens with two attached hydrogens (primary N) is 1. The van der Waals surface area contributed by atoms with Gasteiger partial charge in [0.2, 0.25) is 0 Å². The predicted molar refractivity (Wildman–Crippen MR) is 65.8 cm³/mol. The number of anilines is 2. The largest absolute Gasteiger partial charge is 0.418 e. The molecule has 1 aromatic heterocycles. The monoisotopic (exact) mass is 282 g/mol. The lowest BCUT2D eigenvalue weighted by molar-refractivity contribution is -0.136. The van der Waals surface area contributed by atoms with Gasteiger partial charge in [0.1, 0.15) is 6.33 Å². The Labute approximate surface area is 111 Å². The lowest BCUT2D eigenvalue weighted by atomic mass is 10.1. The zero-order valence-corrected chi connectivity index (χ0v) is 9.98. The first-order chi connectivity index (χ1) is 9.38. The molecule has 1 aromatic carbocycles. The molecule has 0 aliphatic carbocycles. The van der Waals surface area contributed by atoms with E-state index < -0.39 is 23.3 Å². The van der Waals surface area contributed by atoms with Crippen LogP contribution in [0.3, 0.4) is 0 Å². The molecule has 1 heterocycles. The number of hydrogen-bond donors (Lipinski definition) is 2. The molecular weight excluding hydrogens is 273 g/mol. The van der Waals surface area contributed by atoms with Crippen LogP contribution in [0.1, 0.15) is 15.9 Å². The van der Waals surface area contributed by atoms with E-state index in [9.17, 15) is 18.0 Å². The van der Waals surface area contributed by atoms with Crippen molar-refractivity contribution in [3.05, 3.63) is 48.0 Å². The highest BCUT2D eigenvalue weighted by Crippen LogP contribution is 2.34. The van der Waals surface area contributed by atoms with Crippen molar-refractivity contribution in [2.45, 2.75) is 6.18 Å². The Bertz CT molecular complexity index is 628. The highest BCUT2D eigenvalue weighted by atomic mass is 19.4. The summed E-state index contributed by atoms with van der Waals surface area (Å²) < 4.78 is 38.1. The summed E-state index contributed by atoms with van der Waals surface area (Å²) in [6, 6.07) is 2.96. The van der Waals surface area contributed by atoms with Crippen molar-refractivity contribution in [2.75, 3.05) is 11.1 Å². The summed E-state index contributed by atoms with van der Waals surface area (Å²) in [5, 5.41) is 2.38. The number of alkyl halides is 3. The highest BCUT2D eigenvalue weighted by Gasteiger charge is 2.33. The van der Waals surface area contributed by atoms with E-state index in [0.717, 1.165) is 6.07 Å². The van der Waals surface area contributed by atoms with Crippen molar-refractivity contribution < 1.29 is 18.0 Å². The number of amides is 1. The molecule has 2 rings (SSSR count). The molecule has 8 heteroatoms. The van der Waals surface area contributed by atoms with E-state index in [1.807, 2.05) is 0 Å². The fourth-order valence-electron chi connectivity index (χ4n) is 1.51. The Balaban J connectivity index is 2.27. The summed E-state index contributed by atoms with van der Waals surface area (Å²) in [5.41, 5.74) is 3.90. The first kappa shape index (κ1) is 13.8. The zero-order chi connectivity index (χ0) is 14.8. The molecule has 5 nitrogen and oxygen atoms in total. The molecule has 104 valence electrons. The molecule has 0 saturated heterocycles. The van der Waals surface area contributed by atoms with Gasteiger partial charge in [0.15, 0.2) is 0 Å². The minimum atomic E-state index is -4.61. The molecule has 1 amide bonds. The van der Waals surface area contributed by atoms with Crippen molar-refractivity contribution in [1.29, 1.82) is 0 Å². The third-order valence-corrected chi connectivity index (χ3v) is 2.44. The number of benzene rings is 1. The molecular formula is C12H9F3N4O. The van der Waals surface area contributed by atoms with Crippen LogP contribution < -0.4 is 11.1 Å². The summed E-state index contributed by atoms with van der Waals surface area (Å²) in [4.78, 5) is 19.2. The van der Waals surface area contributed by atoms with Crippen LogP contribution in [-0.2, 0) is 6.18 Å². The Morgan fingerprint density at radius 1 is 1.20 bits per heavy atom. The Kier molecular flexibility index (Phi) is 3.55. The van der Waals surface area contributed by atoms with Crippen LogP contribution in [0.25, 0.3) is 0 Å². The van der Waals surface area contributed by atoms with Crippen molar-refractivity contribution in [1.82, 2.24) is 9.97 Å². The van der Waals surface area contributed by atoms with Gasteiger partial charge < -0.3 is 11.1 Å². The molecule has 0 fully saturated rings. The van der Waals surface area contributed by atoms with Gasteiger partial charge in [-0.1, -0.05) is 0 Å². The Morgan fingerprint density at radius 3 is 2.45 bits per heavy atom. The molecule has 2 aromatic rings. The molecule has 0 spiro atoms. The van der Waals surface area contributed by atoms with E-state index in [1.165, 1.54) is 24.8 Å². The van der Waals surface area contributed by atoms with Crippen LogP contribution >= 0.6 is 0 Å². The SMILES string of the molecule is Nc1ccc(C(=O)Nc2cncnc2)cc1C(F)(F)F. The molecule has 0 bridgehead atoms. The smallest absolute Gasteiger partial charge is 0.398 e. The van der Waals surface area contributed by atoms with Crippen molar-refractivity contribution >= 4 is 17.3 Å². The highest BCUT2D eigenvalue weighted by molar-refractivity contribution is 6.04. The van der Waals surface area contributed by atoms with Crippen LogP contribution in [0, 0.1) is 0 Å². The lowest BCUT2D eigenvalue weighted by Gasteiger charge is -2.11. The molecule has 20 heavy (non-hydrogen) atoms. The second-order valence-corrected chi connectivity index (χ2v) is 3.88. The maximum atomic E-state index is 12.7. The van der Waals surface area contributed by atoms with Gasteiger partial charge in [-0.3, -0.25) is 4.79 Å². The standard InChI is InChI=1S/C12H9F3N4O/c13-12(14,15)9-3-7(1-2-10(9)16)11(20)19-8-4-17-6-18-5-8/h1-6H,16H2,(H,19,20). The summed E-state index contributed by atoms with van der Waals surface area (Å²) in [7, 11) is 0. The van der Waals surface area contributed by atoms with E-state index in [4.69, 9.17) is 5.73 Å². The van der Waals surface area contributed by atoms with Crippen molar-refractivity contribution in [3.63, 3.8) is 0 Å². The number of nitrogens with one attached hydrogen (secondary N) is 1. The van der Waals surface area contributed by atoms with Gasteiger partial charge in [-0.05, 0) is 18.2 Å². The molecule has 0 unspecified atom stereocenters. The summed E-state index contributed by atoms with van der Waals surface area (Å²) in [5.74, 6) is -0.703. The summed E-state index contributed by atoms with van der Waals surface area (Å²) in [6.45, 7) is 0. The number of nitrogens with zero attached hydrogens (tertiary/aromatic N) is 2. The number of carbonyl (C=O) groups excluding carboxylic acids is 1. The minimum absolute atomic E-state index is 0.157. The van der Waals surface area contributed by atoms with Crippen molar-refractivity contribution in [2.24, 2.45) is 0 Å². The van der Waals surface area contributed by atoms with Crippen LogP contribution in [0.2, 0.25) is 0 Å². The third kappa shape index (κ3) is 3.02. The van der Waals surface area contributed by atoms with Gasteiger partial charge in [-0.2, -0.15) is 13.2 Å². The normalized spacial score (nSPS) is 11.2. The number of aromatic nitrogens is 2. The van der Waals surface area contributed by atoms with Gasteiger partial charge in [0, 0.05) is 11.3 Å². The molecule has 0 aliphatic rings. The predicted octanol–water partition coefficient (Wildman–Crippen LogP) is 2.33. The number of carbonyl (C=O) groups is 1. The molecule has 0 aliphatic heterocycles.